The molecule has 0 saturated carbocycles. The van der Waals surface area contributed by atoms with Gasteiger partial charge in [-0.3, -0.25) is 0 Å². The zero-order valence-corrected chi connectivity index (χ0v) is 6.88. The van der Waals surface area contributed by atoms with Crippen LogP contribution in [-0.2, 0) is 0 Å². The molecule has 0 spiro atoms. The van der Waals surface area contributed by atoms with Gasteiger partial charge < -0.3 is 0 Å². The minimum absolute atomic E-state index is 0.358. The van der Waals surface area contributed by atoms with Gasteiger partial charge in [-0.2, -0.15) is 4.91 Å². The smallest absolute Gasteiger partial charge is 0.115 e. The van der Waals surface area contributed by atoms with Gasteiger partial charge in [-0.25, -0.2) is 0 Å². The van der Waals surface area contributed by atoms with Gasteiger partial charge in [-0.1, -0.05) is 35.0 Å². The molecule has 0 bridgehead atoms. The number of nitrogens with zero attached hydrogens (tertiary/aromatic N) is 1. The second kappa shape index (κ2) is 3.49. The molecule has 0 radical (unpaired) electrons. The molecular formula is C8H8ClNO. The Hall–Kier alpha value is -0.890. The van der Waals surface area contributed by atoms with Gasteiger partial charge in [0, 0.05) is 5.02 Å². The summed E-state index contributed by atoms with van der Waals surface area (Å²) in [4.78, 5) is 10.1. The van der Waals surface area contributed by atoms with Crippen molar-refractivity contribution in [2.75, 3.05) is 0 Å². The van der Waals surface area contributed by atoms with E-state index < -0.39 is 0 Å². The summed E-state index contributed by atoms with van der Waals surface area (Å²) >= 11 is 5.80. The summed E-state index contributed by atoms with van der Waals surface area (Å²) in [6.07, 6.45) is 0. The molecule has 1 aromatic carbocycles. The molecule has 58 valence electrons. The fourth-order valence-electron chi connectivity index (χ4n) is 0.871. The van der Waals surface area contributed by atoms with E-state index in [4.69, 9.17) is 11.6 Å². The lowest BCUT2D eigenvalue weighted by Gasteiger charge is -2.03. The second-order valence-corrected chi connectivity index (χ2v) is 2.71. The molecule has 0 amide bonds. The average Bonchev–Trinajstić information content (AvgIpc) is 2.04. The normalized spacial score (nSPS) is 12.5. The highest BCUT2D eigenvalue weighted by Gasteiger charge is 2.07. The SMILES string of the molecule is CC(N=O)c1ccccc1Cl. The van der Waals surface area contributed by atoms with E-state index in [0.29, 0.717) is 5.02 Å². The maximum atomic E-state index is 10.1. The van der Waals surface area contributed by atoms with Crippen molar-refractivity contribution in [1.29, 1.82) is 0 Å². The minimum atomic E-state index is -0.358. The molecule has 0 aliphatic rings. The van der Waals surface area contributed by atoms with Gasteiger partial charge in [-0.15, -0.1) is 0 Å². The van der Waals surface area contributed by atoms with Gasteiger partial charge in [0.05, 0.1) is 0 Å². The first-order chi connectivity index (χ1) is 5.25. The van der Waals surface area contributed by atoms with Gasteiger partial charge >= 0.3 is 0 Å². The van der Waals surface area contributed by atoms with E-state index in [-0.39, 0.29) is 6.04 Å². The second-order valence-electron chi connectivity index (χ2n) is 2.30. The predicted molar refractivity (Wildman–Crippen MR) is 45.7 cm³/mol. The lowest BCUT2D eigenvalue weighted by Crippen LogP contribution is -1.88. The van der Waals surface area contributed by atoms with Crippen LogP contribution in [0.1, 0.15) is 18.5 Å². The number of hydrogen-bond acceptors (Lipinski definition) is 2. The highest BCUT2D eigenvalue weighted by Crippen LogP contribution is 2.24. The standard InChI is InChI=1S/C8H8ClNO/c1-6(10-11)7-4-2-3-5-8(7)9/h2-6H,1H3. The quantitative estimate of drug-likeness (QED) is 0.626. The zero-order valence-electron chi connectivity index (χ0n) is 6.12. The van der Waals surface area contributed by atoms with Gasteiger partial charge in [0.25, 0.3) is 0 Å². The van der Waals surface area contributed by atoms with Crippen LogP contribution in [0.5, 0.6) is 0 Å². The first-order valence-electron chi connectivity index (χ1n) is 3.32. The highest BCUT2D eigenvalue weighted by molar-refractivity contribution is 6.31. The number of halogens is 1. The van der Waals surface area contributed by atoms with Crippen LogP contribution in [0.15, 0.2) is 29.4 Å². The minimum Gasteiger partial charge on any atom is -0.150 e. The zero-order chi connectivity index (χ0) is 8.27. The summed E-state index contributed by atoms with van der Waals surface area (Å²) in [6, 6.07) is 6.85. The molecule has 0 heterocycles. The summed E-state index contributed by atoms with van der Waals surface area (Å²) in [6.45, 7) is 1.72. The Morgan fingerprint density at radius 3 is 2.64 bits per heavy atom. The van der Waals surface area contributed by atoms with Crippen molar-refractivity contribution in [3.05, 3.63) is 39.8 Å². The maximum absolute atomic E-state index is 10.1. The Balaban J connectivity index is 3.02. The van der Waals surface area contributed by atoms with Crippen LogP contribution in [0.2, 0.25) is 5.02 Å². The van der Waals surface area contributed by atoms with E-state index in [1.165, 1.54) is 0 Å². The van der Waals surface area contributed by atoms with Crippen LogP contribution in [0, 0.1) is 4.91 Å². The van der Waals surface area contributed by atoms with Crippen molar-refractivity contribution >= 4 is 11.6 Å². The Morgan fingerprint density at radius 1 is 1.45 bits per heavy atom. The molecule has 1 unspecified atom stereocenters. The molecule has 0 aliphatic carbocycles. The van der Waals surface area contributed by atoms with Gasteiger partial charge in [0.15, 0.2) is 0 Å². The van der Waals surface area contributed by atoms with Crippen LogP contribution >= 0.6 is 11.6 Å². The molecule has 3 heteroatoms. The Labute approximate surface area is 70.2 Å². The topological polar surface area (TPSA) is 29.4 Å². The van der Waals surface area contributed by atoms with Crippen molar-refractivity contribution in [3.8, 4) is 0 Å². The summed E-state index contributed by atoms with van der Waals surface area (Å²) in [5.41, 5.74) is 0.782. The van der Waals surface area contributed by atoms with Crippen molar-refractivity contribution in [2.24, 2.45) is 5.18 Å². The molecule has 0 saturated heterocycles. The van der Waals surface area contributed by atoms with Gasteiger partial charge in [-0.05, 0) is 18.6 Å². The maximum Gasteiger partial charge on any atom is 0.115 e. The van der Waals surface area contributed by atoms with E-state index >= 15 is 0 Å². The van der Waals surface area contributed by atoms with Crippen molar-refractivity contribution in [2.45, 2.75) is 13.0 Å². The van der Waals surface area contributed by atoms with E-state index in [1.54, 1.807) is 19.1 Å². The molecule has 1 atom stereocenters. The van der Waals surface area contributed by atoms with Crippen LogP contribution in [0.3, 0.4) is 0 Å². The number of nitroso groups, excluding NO2 is 1. The average molecular weight is 170 g/mol. The third kappa shape index (κ3) is 1.77. The van der Waals surface area contributed by atoms with Crippen LogP contribution in [0.25, 0.3) is 0 Å². The monoisotopic (exact) mass is 169 g/mol. The predicted octanol–water partition coefficient (Wildman–Crippen LogP) is 3.17. The molecule has 2 nitrogen and oxygen atoms in total. The fraction of sp³-hybridized carbons (Fsp3) is 0.250. The van der Waals surface area contributed by atoms with Crippen LogP contribution in [-0.4, -0.2) is 0 Å². The van der Waals surface area contributed by atoms with Crippen molar-refractivity contribution < 1.29 is 0 Å². The highest BCUT2D eigenvalue weighted by atomic mass is 35.5. The summed E-state index contributed by atoms with van der Waals surface area (Å²) in [5.74, 6) is 0. The molecular weight excluding hydrogens is 162 g/mol. The largest absolute Gasteiger partial charge is 0.150 e. The van der Waals surface area contributed by atoms with E-state index in [9.17, 15) is 4.91 Å². The first kappa shape index (κ1) is 8.21. The molecule has 0 fully saturated rings. The lowest BCUT2D eigenvalue weighted by molar-refractivity contribution is 0.812. The number of hydrogen-bond donors (Lipinski definition) is 0. The Morgan fingerprint density at radius 2 is 2.09 bits per heavy atom. The Kier molecular flexibility index (Phi) is 2.60. The van der Waals surface area contributed by atoms with Gasteiger partial charge in [0.2, 0.25) is 0 Å². The number of benzene rings is 1. The third-order valence-corrected chi connectivity index (χ3v) is 1.86. The first-order valence-corrected chi connectivity index (χ1v) is 3.70. The van der Waals surface area contributed by atoms with Crippen molar-refractivity contribution in [3.63, 3.8) is 0 Å². The van der Waals surface area contributed by atoms with E-state index in [0.717, 1.165) is 5.56 Å². The Bertz CT molecular complexity index is 262. The molecule has 1 aromatic rings. The summed E-state index contributed by atoms with van der Waals surface area (Å²) < 4.78 is 0. The summed E-state index contributed by atoms with van der Waals surface area (Å²) in [7, 11) is 0. The molecule has 0 N–H and O–H groups in total. The van der Waals surface area contributed by atoms with Gasteiger partial charge in [0.1, 0.15) is 6.04 Å². The lowest BCUT2D eigenvalue weighted by atomic mass is 10.1. The molecule has 0 aromatic heterocycles. The number of rotatable bonds is 2. The van der Waals surface area contributed by atoms with E-state index in [2.05, 4.69) is 5.18 Å². The third-order valence-electron chi connectivity index (χ3n) is 1.51. The van der Waals surface area contributed by atoms with E-state index in [1.807, 2.05) is 12.1 Å². The van der Waals surface area contributed by atoms with Crippen LogP contribution < -0.4 is 0 Å². The fourth-order valence-corrected chi connectivity index (χ4v) is 1.16. The summed E-state index contributed by atoms with van der Waals surface area (Å²) in [5, 5.41) is 3.48. The van der Waals surface area contributed by atoms with Crippen LogP contribution in [0.4, 0.5) is 0 Å². The molecule has 11 heavy (non-hydrogen) atoms. The molecule has 0 aliphatic heterocycles. The molecule has 1 rings (SSSR count). The van der Waals surface area contributed by atoms with Crippen molar-refractivity contribution in [1.82, 2.24) is 0 Å².